The molecule has 0 fully saturated rings. The molecule has 0 saturated carbocycles. The zero-order valence-corrected chi connectivity index (χ0v) is 12.2. The molecular formula is C17H18N2O2. The normalized spacial score (nSPS) is 11.7. The number of rotatable bonds is 5. The van der Waals surface area contributed by atoms with Crippen LogP contribution in [0.3, 0.4) is 0 Å². The van der Waals surface area contributed by atoms with Crippen molar-refractivity contribution in [2.24, 2.45) is 0 Å². The lowest BCUT2D eigenvalue weighted by atomic mass is 10.0. The monoisotopic (exact) mass is 282 g/mol. The molecule has 0 aliphatic rings. The van der Waals surface area contributed by atoms with Crippen molar-refractivity contribution in [1.82, 2.24) is 10.3 Å². The van der Waals surface area contributed by atoms with Gasteiger partial charge in [-0.2, -0.15) is 0 Å². The Kier molecular flexibility index (Phi) is 4.82. The molecule has 0 aliphatic carbocycles. The SMILES string of the molecule is Cc1ccc(C(=O)NC(C)CC(=O)c2ccccc2)cn1. The van der Waals surface area contributed by atoms with Crippen molar-refractivity contribution in [2.45, 2.75) is 26.3 Å². The largest absolute Gasteiger partial charge is 0.349 e. The van der Waals surface area contributed by atoms with Crippen LogP contribution in [0.15, 0.2) is 48.7 Å². The molecule has 1 heterocycles. The van der Waals surface area contributed by atoms with Crippen LogP contribution in [0.25, 0.3) is 0 Å². The number of carbonyl (C=O) groups excluding carboxylic acids is 2. The van der Waals surface area contributed by atoms with Crippen LogP contribution in [-0.4, -0.2) is 22.7 Å². The van der Waals surface area contributed by atoms with E-state index in [1.807, 2.05) is 32.0 Å². The number of ketones is 1. The standard InChI is InChI=1S/C17H18N2O2/c1-12-8-9-15(11-18-12)17(21)19-13(2)10-16(20)14-6-4-3-5-7-14/h3-9,11,13H,10H2,1-2H3,(H,19,21). The van der Waals surface area contributed by atoms with Crippen LogP contribution >= 0.6 is 0 Å². The third-order valence-electron chi connectivity index (χ3n) is 3.14. The molecule has 1 amide bonds. The van der Waals surface area contributed by atoms with E-state index in [0.29, 0.717) is 11.1 Å². The first-order chi connectivity index (χ1) is 10.1. The van der Waals surface area contributed by atoms with Gasteiger partial charge in [-0.05, 0) is 26.0 Å². The number of nitrogens with zero attached hydrogens (tertiary/aromatic N) is 1. The van der Waals surface area contributed by atoms with Crippen LogP contribution in [0.4, 0.5) is 0 Å². The Morgan fingerprint density at radius 2 is 1.81 bits per heavy atom. The summed E-state index contributed by atoms with van der Waals surface area (Å²) in [5, 5.41) is 2.82. The van der Waals surface area contributed by atoms with Crippen LogP contribution in [0.1, 0.15) is 39.8 Å². The highest BCUT2D eigenvalue weighted by Gasteiger charge is 2.14. The van der Waals surface area contributed by atoms with Crippen molar-refractivity contribution in [3.63, 3.8) is 0 Å². The van der Waals surface area contributed by atoms with Gasteiger partial charge in [0.05, 0.1) is 5.56 Å². The van der Waals surface area contributed by atoms with Crippen molar-refractivity contribution >= 4 is 11.7 Å². The van der Waals surface area contributed by atoms with Crippen LogP contribution < -0.4 is 5.32 Å². The van der Waals surface area contributed by atoms with Crippen LogP contribution in [0, 0.1) is 6.92 Å². The van der Waals surface area contributed by atoms with Gasteiger partial charge >= 0.3 is 0 Å². The number of amides is 1. The maximum absolute atomic E-state index is 12.1. The lowest BCUT2D eigenvalue weighted by molar-refractivity contribution is 0.0918. The van der Waals surface area contributed by atoms with Crippen LogP contribution in [0.2, 0.25) is 0 Å². The van der Waals surface area contributed by atoms with Gasteiger partial charge in [-0.15, -0.1) is 0 Å². The summed E-state index contributed by atoms with van der Waals surface area (Å²) in [5.74, 6) is -0.193. The number of carbonyl (C=O) groups is 2. The minimum atomic E-state index is -0.230. The summed E-state index contributed by atoms with van der Waals surface area (Å²) in [4.78, 5) is 28.2. The molecule has 1 atom stereocenters. The molecule has 4 heteroatoms. The van der Waals surface area contributed by atoms with Crippen molar-refractivity contribution < 1.29 is 9.59 Å². The Morgan fingerprint density at radius 1 is 1.10 bits per heavy atom. The molecule has 1 aromatic heterocycles. The average molecular weight is 282 g/mol. The number of hydrogen-bond donors (Lipinski definition) is 1. The zero-order chi connectivity index (χ0) is 15.2. The van der Waals surface area contributed by atoms with Gasteiger partial charge in [-0.25, -0.2) is 0 Å². The molecule has 0 aliphatic heterocycles. The highest BCUT2D eigenvalue weighted by atomic mass is 16.2. The third kappa shape index (κ3) is 4.24. The predicted octanol–water partition coefficient (Wildman–Crippen LogP) is 2.78. The van der Waals surface area contributed by atoms with Gasteiger partial charge in [0.1, 0.15) is 0 Å². The predicted molar refractivity (Wildman–Crippen MR) is 81.3 cm³/mol. The molecule has 0 saturated heterocycles. The maximum Gasteiger partial charge on any atom is 0.253 e. The lowest BCUT2D eigenvalue weighted by Crippen LogP contribution is -2.34. The Hall–Kier alpha value is -2.49. The van der Waals surface area contributed by atoms with E-state index < -0.39 is 0 Å². The van der Waals surface area contributed by atoms with E-state index in [4.69, 9.17) is 0 Å². The summed E-state index contributed by atoms with van der Waals surface area (Å²) in [6.45, 7) is 3.68. The summed E-state index contributed by atoms with van der Waals surface area (Å²) in [5.41, 5.74) is 2.02. The van der Waals surface area contributed by atoms with Crippen LogP contribution in [-0.2, 0) is 0 Å². The van der Waals surface area contributed by atoms with Gasteiger partial charge in [-0.1, -0.05) is 30.3 Å². The molecule has 0 bridgehead atoms. The summed E-state index contributed by atoms with van der Waals surface area (Å²) in [6.07, 6.45) is 1.81. The lowest BCUT2D eigenvalue weighted by Gasteiger charge is -2.13. The molecule has 4 nitrogen and oxygen atoms in total. The summed E-state index contributed by atoms with van der Waals surface area (Å²) < 4.78 is 0. The first kappa shape index (κ1) is 14.9. The van der Waals surface area contributed by atoms with Gasteiger partial charge < -0.3 is 5.32 Å². The fraction of sp³-hybridized carbons (Fsp3) is 0.235. The molecule has 0 radical (unpaired) electrons. The van der Waals surface area contributed by atoms with E-state index in [1.54, 1.807) is 24.3 Å². The molecule has 0 spiro atoms. The van der Waals surface area contributed by atoms with E-state index >= 15 is 0 Å². The number of benzene rings is 1. The average Bonchev–Trinajstić information content (AvgIpc) is 2.48. The van der Waals surface area contributed by atoms with Gasteiger partial charge in [0.25, 0.3) is 5.91 Å². The maximum atomic E-state index is 12.1. The number of aryl methyl sites for hydroxylation is 1. The van der Waals surface area contributed by atoms with Gasteiger partial charge in [0, 0.05) is 29.9 Å². The summed E-state index contributed by atoms with van der Waals surface area (Å²) in [7, 11) is 0. The van der Waals surface area contributed by atoms with Crippen molar-refractivity contribution in [1.29, 1.82) is 0 Å². The Bertz CT molecular complexity index is 621. The summed E-state index contributed by atoms with van der Waals surface area (Å²) >= 11 is 0. The molecule has 1 aromatic carbocycles. The first-order valence-corrected chi connectivity index (χ1v) is 6.88. The van der Waals surface area contributed by atoms with Gasteiger partial charge in [0.2, 0.25) is 0 Å². The fourth-order valence-electron chi connectivity index (χ4n) is 1.98. The number of nitrogens with one attached hydrogen (secondary N) is 1. The highest BCUT2D eigenvalue weighted by Crippen LogP contribution is 2.06. The molecule has 2 rings (SSSR count). The third-order valence-corrected chi connectivity index (χ3v) is 3.14. The van der Waals surface area contributed by atoms with E-state index in [-0.39, 0.29) is 24.2 Å². The molecule has 21 heavy (non-hydrogen) atoms. The number of aromatic nitrogens is 1. The topological polar surface area (TPSA) is 59.1 Å². The van der Waals surface area contributed by atoms with E-state index in [2.05, 4.69) is 10.3 Å². The number of Topliss-reactive ketones (excluding diaryl/α,β-unsaturated/α-hetero) is 1. The summed E-state index contributed by atoms with van der Waals surface area (Å²) in [6, 6.07) is 12.4. The Balaban J connectivity index is 1.92. The Morgan fingerprint density at radius 3 is 2.43 bits per heavy atom. The number of pyridine rings is 1. The van der Waals surface area contributed by atoms with Crippen LogP contribution in [0.5, 0.6) is 0 Å². The number of hydrogen-bond acceptors (Lipinski definition) is 3. The minimum Gasteiger partial charge on any atom is -0.349 e. The smallest absolute Gasteiger partial charge is 0.253 e. The van der Waals surface area contributed by atoms with Gasteiger partial charge in [-0.3, -0.25) is 14.6 Å². The zero-order valence-electron chi connectivity index (χ0n) is 12.2. The second-order valence-electron chi connectivity index (χ2n) is 5.06. The highest BCUT2D eigenvalue weighted by molar-refractivity contribution is 5.97. The molecule has 1 unspecified atom stereocenters. The van der Waals surface area contributed by atoms with Crippen molar-refractivity contribution in [3.8, 4) is 0 Å². The second-order valence-corrected chi connectivity index (χ2v) is 5.06. The van der Waals surface area contributed by atoms with Gasteiger partial charge in [0.15, 0.2) is 5.78 Å². The minimum absolute atomic E-state index is 0.0189. The van der Waals surface area contributed by atoms with E-state index in [9.17, 15) is 9.59 Å². The first-order valence-electron chi connectivity index (χ1n) is 6.88. The fourth-order valence-corrected chi connectivity index (χ4v) is 1.98. The van der Waals surface area contributed by atoms with Crippen molar-refractivity contribution in [3.05, 3.63) is 65.5 Å². The second kappa shape index (κ2) is 6.79. The molecule has 2 aromatic rings. The van der Waals surface area contributed by atoms with Crippen molar-refractivity contribution in [2.75, 3.05) is 0 Å². The molecular weight excluding hydrogens is 264 g/mol. The molecule has 1 N–H and O–H groups in total. The Labute approximate surface area is 124 Å². The van der Waals surface area contributed by atoms with E-state index in [0.717, 1.165) is 5.69 Å². The quantitative estimate of drug-likeness (QED) is 0.858. The molecule has 108 valence electrons. The van der Waals surface area contributed by atoms with E-state index in [1.165, 1.54) is 6.20 Å².